The van der Waals surface area contributed by atoms with E-state index in [4.69, 9.17) is 9.84 Å². The van der Waals surface area contributed by atoms with Gasteiger partial charge in [-0.2, -0.15) is 0 Å². The third-order valence-corrected chi connectivity index (χ3v) is 4.05. The first-order chi connectivity index (χ1) is 12.5. The normalized spacial score (nSPS) is 16.4. The van der Waals surface area contributed by atoms with Crippen molar-refractivity contribution in [1.29, 1.82) is 0 Å². The van der Waals surface area contributed by atoms with E-state index in [0.717, 1.165) is 0 Å². The molecule has 2 amide bonds. The Kier molecular flexibility index (Phi) is 5.17. The smallest absolute Gasteiger partial charge is 0.308 e. The average Bonchev–Trinajstić information content (AvgIpc) is 3.03. The number of anilines is 2. The minimum Gasteiger partial charge on any atom is -0.484 e. The second kappa shape index (κ2) is 7.69. The summed E-state index contributed by atoms with van der Waals surface area (Å²) < 4.78 is 5.43. The van der Waals surface area contributed by atoms with Gasteiger partial charge in [-0.1, -0.05) is 18.2 Å². The van der Waals surface area contributed by atoms with Crippen LogP contribution >= 0.6 is 0 Å². The van der Waals surface area contributed by atoms with Crippen LogP contribution in [-0.2, 0) is 14.4 Å². The molecular formula is C19H18N2O5. The van der Waals surface area contributed by atoms with E-state index in [9.17, 15) is 14.4 Å². The maximum Gasteiger partial charge on any atom is 0.308 e. The quantitative estimate of drug-likeness (QED) is 0.829. The summed E-state index contributed by atoms with van der Waals surface area (Å²) >= 11 is 0. The van der Waals surface area contributed by atoms with Crippen molar-refractivity contribution < 1.29 is 24.2 Å². The van der Waals surface area contributed by atoms with E-state index in [1.54, 1.807) is 36.4 Å². The van der Waals surface area contributed by atoms with Crippen molar-refractivity contribution in [2.45, 2.75) is 6.42 Å². The van der Waals surface area contributed by atoms with E-state index in [1.807, 2.05) is 18.2 Å². The van der Waals surface area contributed by atoms with Crippen LogP contribution in [0.15, 0.2) is 54.6 Å². The molecular weight excluding hydrogens is 336 g/mol. The van der Waals surface area contributed by atoms with Crippen LogP contribution in [0.4, 0.5) is 11.4 Å². The fourth-order valence-corrected chi connectivity index (χ4v) is 2.71. The van der Waals surface area contributed by atoms with E-state index in [1.165, 1.54) is 4.90 Å². The summed E-state index contributed by atoms with van der Waals surface area (Å²) in [6.45, 7) is 0.0197. The Morgan fingerprint density at radius 2 is 1.81 bits per heavy atom. The van der Waals surface area contributed by atoms with Gasteiger partial charge >= 0.3 is 5.97 Å². The molecule has 2 N–H and O–H groups in total. The zero-order chi connectivity index (χ0) is 18.5. The first kappa shape index (κ1) is 17.5. The lowest BCUT2D eigenvalue weighted by atomic mass is 10.1. The van der Waals surface area contributed by atoms with Crippen molar-refractivity contribution in [2.75, 3.05) is 23.4 Å². The van der Waals surface area contributed by atoms with Gasteiger partial charge in [0.25, 0.3) is 5.91 Å². The summed E-state index contributed by atoms with van der Waals surface area (Å²) in [6, 6.07) is 15.7. The number of para-hydroxylation sites is 1. The van der Waals surface area contributed by atoms with Crippen LogP contribution in [0.1, 0.15) is 6.42 Å². The van der Waals surface area contributed by atoms with Crippen LogP contribution in [0, 0.1) is 5.92 Å². The van der Waals surface area contributed by atoms with Crippen molar-refractivity contribution in [3.63, 3.8) is 0 Å². The minimum atomic E-state index is -0.967. The molecule has 26 heavy (non-hydrogen) atoms. The molecule has 1 saturated heterocycles. The maximum atomic E-state index is 11.9. The fourth-order valence-electron chi connectivity index (χ4n) is 2.71. The summed E-state index contributed by atoms with van der Waals surface area (Å²) in [5.74, 6) is -1.66. The molecule has 2 aromatic carbocycles. The Balaban J connectivity index is 1.54. The molecule has 0 aromatic heterocycles. The zero-order valence-electron chi connectivity index (χ0n) is 13.9. The van der Waals surface area contributed by atoms with Gasteiger partial charge in [-0.15, -0.1) is 0 Å². The zero-order valence-corrected chi connectivity index (χ0v) is 13.9. The van der Waals surface area contributed by atoms with Gasteiger partial charge in [0.1, 0.15) is 5.75 Å². The van der Waals surface area contributed by atoms with Crippen LogP contribution in [0.25, 0.3) is 0 Å². The predicted octanol–water partition coefficient (Wildman–Crippen LogP) is 2.14. The first-order valence-corrected chi connectivity index (χ1v) is 8.14. The molecule has 3 rings (SSSR count). The van der Waals surface area contributed by atoms with Crippen LogP contribution in [-0.4, -0.2) is 36.0 Å². The monoisotopic (exact) mass is 354 g/mol. The molecule has 134 valence electrons. The van der Waals surface area contributed by atoms with Crippen molar-refractivity contribution in [3.05, 3.63) is 54.6 Å². The number of amides is 2. The number of hydrogen-bond donors (Lipinski definition) is 2. The first-order valence-electron chi connectivity index (χ1n) is 8.14. The standard InChI is InChI=1S/C19H18N2O5/c22-17(20-14-4-2-1-3-5-14)12-26-16-8-6-15(7-9-16)21-11-13(19(24)25)10-18(21)23/h1-9,13H,10-12H2,(H,20,22)(H,24,25)/t13-/m1/s1. The van der Waals surface area contributed by atoms with Gasteiger partial charge in [-0.3, -0.25) is 14.4 Å². The molecule has 1 aliphatic rings. The van der Waals surface area contributed by atoms with Crippen LogP contribution in [0.2, 0.25) is 0 Å². The number of nitrogens with zero attached hydrogens (tertiary/aromatic N) is 1. The lowest BCUT2D eigenvalue weighted by Crippen LogP contribution is -2.25. The van der Waals surface area contributed by atoms with Gasteiger partial charge in [0.05, 0.1) is 5.92 Å². The highest BCUT2D eigenvalue weighted by Crippen LogP contribution is 2.27. The Bertz CT molecular complexity index is 804. The number of carboxylic acid groups (broad SMARTS) is 1. The molecule has 2 aromatic rings. The number of hydrogen-bond acceptors (Lipinski definition) is 4. The highest BCUT2D eigenvalue weighted by Gasteiger charge is 2.34. The Labute approximate surface area is 150 Å². The van der Waals surface area contributed by atoms with Gasteiger partial charge in [0, 0.05) is 24.3 Å². The molecule has 0 unspecified atom stereocenters. The molecule has 7 heteroatoms. The molecule has 1 atom stereocenters. The lowest BCUT2D eigenvalue weighted by Gasteiger charge is -2.16. The highest BCUT2D eigenvalue weighted by molar-refractivity contribution is 5.99. The van der Waals surface area contributed by atoms with Gasteiger partial charge in [-0.05, 0) is 36.4 Å². The van der Waals surface area contributed by atoms with E-state index in [-0.39, 0.29) is 31.4 Å². The predicted molar refractivity (Wildman–Crippen MR) is 95.1 cm³/mol. The third-order valence-electron chi connectivity index (χ3n) is 4.05. The molecule has 0 aliphatic carbocycles. The van der Waals surface area contributed by atoms with Gasteiger partial charge in [0.2, 0.25) is 5.91 Å². The molecule has 0 spiro atoms. The van der Waals surface area contributed by atoms with Crippen molar-refractivity contribution in [2.24, 2.45) is 5.92 Å². The number of carbonyl (C=O) groups is 3. The number of ether oxygens (including phenoxy) is 1. The number of aliphatic carboxylic acids is 1. The summed E-state index contributed by atoms with van der Waals surface area (Å²) in [7, 11) is 0. The third kappa shape index (κ3) is 4.18. The molecule has 1 aliphatic heterocycles. The van der Waals surface area contributed by atoms with E-state index >= 15 is 0 Å². The molecule has 7 nitrogen and oxygen atoms in total. The van der Waals surface area contributed by atoms with Crippen LogP contribution < -0.4 is 15.0 Å². The van der Waals surface area contributed by atoms with Gasteiger partial charge in [0.15, 0.2) is 6.61 Å². The molecule has 0 radical (unpaired) electrons. The average molecular weight is 354 g/mol. The Morgan fingerprint density at radius 3 is 2.42 bits per heavy atom. The van der Waals surface area contributed by atoms with Crippen LogP contribution in [0.5, 0.6) is 5.75 Å². The topological polar surface area (TPSA) is 95.9 Å². The molecule has 0 saturated carbocycles. The summed E-state index contributed by atoms with van der Waals surface area (Å²) in [5, 5.41) is 11.7. The van der Waals surface area contributed by atoms with Gasteiger partial charge < -0.3 is 20.1 Å². The van der Waals surface area contributed by atoms with Gasteiger partial charge in [-0.25, -0.2) is 0 Å². The Hall–Kier alpha value is -3.35. The number of carbonyl (C=O) groups excluding carboxylic acids is 2. The second-order valence-corrected chi connectivity index (χ2v) is 5.94. The highest BCUT2D eigenvalue weighted by atomic mass is 16.5. The Morgan fingerprint density at radius 1 is 1.12 bits per heavy atom. The molecule has 1 heterocycles. The SMILES string of the molecule is O=C(COc1ccc(N2C[C@H](C(=O)O)CC2=O)cc1)Nc1ccccc1. The van der Waals surface area contributed by atoms with Crippen LogP contribution in [0.3, 0.4) is 0 Å². The summed E-state index contributed by atoms with van der Waals surface area (Å²) in [4.78, 5) is 36.3. The van der Waals surface area contributed by atoms with E-state index < -0.39 is 11.9 Å². The van der Waals surface area contributed by atoms with Crippen molar-refractivity contribution in [3.8, 4) is 5.75 Å². The lowest BCUT2D eigenvalue weighted by molar-refractivity contribution is -0.141. The summed E-state index contributed by atoms with van der Waals surface area (Å²) in [5.41, 5.74) is 1.30. The van der Waals surface area contributed by atoms with E-state index in [2.05, 4.69) is 5.32 Å². The van der Waals surface area contributed by atoms with Crippen molar-refractivity contribution >= 4 is 29.2 Å². The molecule has 1 fully saturated rings. The van der Waals surface area contributed by atoms with Crippen molar-refractivity contribution in [1.82, 2.24) is 0 Å². The summed E-state index contributed by atoms with van der Waals surface area (Å²) in [6.07, 6.45) is 0.00718. The minimum absolute atomic E-state index is 0.00718. The number of rotatable bonds is 6. The number of carboxylic acids is 1. The number of benzene rings is 2. The number of nitrogens with one attached hydrogen (secondary N) is 1. The maximum absolute atomic E-state index is 11.9. The second-order valence-electron chi connectivity index (χ2n) is 5.94. The van der Waals surface area contributed by atoms with E-state index in [0.29, 0.717) is 17.1 Å². The fraction of sp³-hybridized carbons (Fsp3) is 0.211. The largest absolute Gasteiger partial charge is 0.484 e. The molecule has 0 bridgehead atoms.